The first kappa shape index (κ1) is 19.4. The molecule has 1 N–H and O–H groups in total. The summed E-state index contributed by atoms with van der Waals surface area (Å²) >= 11 is 0. The molecule has 3 rings (SSSR count). The summed E-state index contributed by atoms with van der Waals surface area (Å²) in [6.07, 6.45) is 0. The van der Waals surface area contributed by atoms with Crippen LogP contribution in [0.15, 0.2) is 54.6 Å². The van der Waals surface area contributed by atoms with Gasteiger partial charge in [0.1, 0.15) is 5.75 Å². The molecule has 0 aliphatic heterocycles. The van der Waals surface area contributed by atoms with Crippen LogP contribution in [-0.2, 0) is 14.3 Å². The molecule has 144 valence electrons. The maximum atomic E-state index is 12.0. The summed E-state index contributed by atoms with van der Waals surface area (Å²) in [7, 11) is 1.31. The van der Waals surface area contributed by atoms with Crippen molar-refractivity contribution in [1.29, 1.82) is 0 Å². The van der Waals surface area contributed by atoms with Gasteiger partial charge in [0.05, 0.1) is 18.3 Å². The van der Waals surface area contributed by atoms with Gasteiger partial charge in [0, 0.05) is 28.6 Å². The first-order valence-electron chi connectivity index (χ1n) is 8.98. The van der Waals surface area contributed by atoms with Gasteiger partial charge in [-0.25, -0.2) is 9.78 Å². The maximum absolute atomic E-state index is 12.0. The number of anilines is 1. The molecule has 3 aromatic rings. The summed E-state index contributed by atoms with van der Waals surface area (Å²) in [6, 6.07) is 16.9. The normalized spacial score (nSPS) is 10.7. The number of nitrogens with zero attached hydrogens (tertiary/aromatic N) is 1. The molecule has 0 bridgehead atoms. The monoisotopic (exact) mass is 378 g/mol. The topological polar surface area (TPSA) is 77.5 Å². The quantitative estimate of drug-likeness (QED) is 0.655. The number of aromatic nitrogens is 1. The zero-order valence-corrected chi connectivity index (χ0v) is 16.1. The van der Waals surface area contributed by atoms with Crippen LogP contribution in [0.5, 0.6) is 5.75 Å². The molecule has 0 atom stereocenters. The number of carbonyl (C=O) groups is 2. The van der Waals surface area contributed by atoms with E-state index < -0.39 is 5.97 Å². The average Bonchev–Trinajstić information content (AvgIpc) is 2.72. The molecule has 1 amide bonds. The van der Waals surface area contributed by atoms with Crippen molar-refractivity contribution in [2.45, 2.75) is 13.8 Å². The van der Waals surface area contributed by atoms with Crippen molar-refractivity contribution in [3.05, 3.63) is 54.6 Å². The molecule has 0 spiro atoms. The number of nitrogens with one attached hydrogen (secondary N) is 1. The fourth-order valence-electron chi connectivity index (χ4n) is 2.63. The molecule has 0 unspecified atom stereocenters. The molecule has 6 heteroatoms. The number of hydrogen-bond donors (Lipinski definition) is 1. The predicted molar refractivity (Wildman–Crippen MR) is 108 cm³/mol. The van der Waals surface area contributed by atoms with E-state index >= 15 is 0 Å². The molecule has 2 aromatic carbocycles. The number of rotatable bonds is 6. The minimum absolute atomic E-state index is 0.0785. The van der Waals surface area contributed by atoms with Crippen molar-refractivity contribution in [2.75, 3.05) is 19.0 Å². The van der Waals surface area contributed by atoms with Crippen molar-refractivity contribution in [3.8, 4) is 17.0 Å². The fourth-order valence-corrected chi connectivity index (χ4v) is 2.63. The van der Waals surface area contributed by atoms with Gasteiger partial charge in [-0.1, -0.05) is 44.2 Å². The van der Waals surface area contributed by atoms with Gasteiger partial charge in [0.15, 0.2) is 6.61 Å². The summed E-state index contributed by atoms with van der Waals surface area (Å²) in [4.78, 5) is 28.3. The lowest BCUT2D eigenvalue weighted by Crippen LogP contribution is -2.17. The SMILES string of the molecule is COC(=O)COc1cc(-c2ccccc2)nc2ccc(NC(=O)C(C)C)cc12. The van der Waals surface area contributed by atoms with Crippen molar-refractivity contribution >= 4 is 28.5 Å². The van der Waals surface area contributed by atoms with Gasteiger partial charge in [0.25, 0.3) is 0 Å². The molecule has 1 heterocycles. The lowest BCUT2D eigenvalue weighted by Gasteiger charge is -2.13. The Hall–Kier alpha value is -3.41. The van der Waals surface area contributed by atoms with E-state index in [9.17, 15) is 9.59 Å². The van der Waals surface area contributed by atoms with Crippen LogP contribution in [0.25, 0.3) is 22.2 Å². The number of esters is 1. The highest BCUT2D eigenvalue weighted by molar-refractivity contribution is 5.96. The molecule has 0 saturated heterocycles. The highest BCUT2D eigenvalue weighted by atomic mass is 16.6. The Morgan fingerprint density at radius 3 is 2.50 bits per heavy atom. The van der Waals surface area contributed by atoms with Crippen LogP contribution in [-0.4, -0.2) is 30.6 Å². The van der Waals surface area contributed by atoms with Crippen LogP contribution in [0.4, 0.5) is 5.69 Å². The number of pyridine rings is 1. The van der Waals surface area contributed by atoms with Crippen LogP contribution < -0.4 is 10.1 Å². The van der Waals surface area contributed by atoms with E-state index in [1.54, 1.807) is 18.2 Å². The lowest BCUT2D eigenvalue weighted by molar-refractivity contribution is -0.142. The molecular formula is C22H22N2O4. The van der Waals surface area contributed by atoms with Gasteiger partial charge in [0.2, 0.25) is 5.91 Å². The predicted octanol–water partition coefficient (Wildman–Crippen LogP) is 4.05. The van der Waals surface area contributed by atoms with Crippen LogP contribution in [0.1, 0.15) is 13.8 Å². The number of methoxy groups -OCH3 is 1. The summed E-state index contributed by atoms with van der Waals surface area (Å²) < 4.78 is 10.4. The van der Waals surface area contributed by atoms with Crippen LogP contribution >= 0.6 is 0 Å². The average molecular weight is 378 g/mol. The Bertz CT molecular complexity index is 1000. The number of benzene rings is 2. The van der Waals surface area contributed by atoms with E-state index in [2.05, 4.69) is 10.1 Å². The second-order valence-electron chi connectivity index (χ2n) is 6.61. The smallest absolute Gasteiger partial charge is 0.343 e. The standard InChI is InChI=1S/C22H22N2O4/c1-14(2)22(26)23-16-9-10-18-17(11-16)20(28-13-21(25)27-3)12-19(24-18)15-7-5-4-6-8-15/h4-12,14H,13H2,1-3H3,(H,23,26). The van der Waals surface area contributed by atoms with Gasteiger partial charge >= 0.3 is 5.97 Å². The molecule has 0 saturated carbocycles. The highest BCUT2D eigenvalue weighted by Gasteiger charge is 2.13. The molecule has 0 radical (unpaired) electrons. The highest BCUT2D eigenvalue weighted by Crippen LogP contribution is 2.32. The van der Waals surface area contributed by atoms with E-state index in [0.29, 0.717) is 22.3 Å². The molecule has 0 aliphatic carbocycles. The number of carbonyl (C=O) groups excluding carboxylic acids is 2. The van der Waals surface area contributed by atoms with E-state index in [0.717, 1.165) is 11.3 Å². The summed E-state index contributed by atoms with van der Waals surface area (Å²) in [5.74, 6) is -0.194. The zero-order valence-electron chi connectivity index (χ0n) is 16.1. The third-order valence-corrected chi connectivity index (χ3v) is 4.21. The first-order valence-corrected chi connectivity index (χ1v) is 8.98. The molecule has 6 nitrogen and oxygen atoms in total. The third kappa shape index (κ3) is 4.46. The maximum Gasteiger partial charge on any atom is 0.343 e. The van der Waals surface area contributed by atoms with Crippen molar-refractivity contribution in [1.82, 2.24) is 4.98 Å². The Kier molecular flexibility index (Phi) is 5.89. The largest absolute Gasteiger partial charge is 0.481 e. The summed E-state index contributed by atoms with van der Waals surface area (Å²) in [5.41, 5.74) is 3.00. The third-order valence-electron chi connectivity index (χ3n) is 4.21. The Morgan fingerprint density at radius 1 is 1.07 bits per heavy atom. The van der Waals surface area contributed by atoms with Crippen molar-refractivity contribution < 1.29 is 19.1 Å². The number of fused-ring (bicyclic) bond motifs is 1. The molecule has 0 aliphatic rings. The Morgan fingerprint density at radius 2 is 1.82 bits per heavy atom. The molecule has 1 aromatic heterocycles. The molecular weight excluding hydrogens is 356 g/mol. The van der Waals surface area contributed by atoms with Gasteiger partial charge < -0.3 is 14.8 Å². The van der Waals surface area contributed by atoms with Gasteiger partial charge in [-0.15, -0.1) is 0 Å². The van der Waals surface area contributed by atoms with Crippen LogP contribution in [0.2, 0.25) is 0 Å². The zero-order chi connectivity index (χ0) is 20.1. The molecule has 28 heavy (non-hydrogen) atoms. The van der Waals surface area contributed by atoms with Crippen molar-refractivity contribution in [3.63, 3.8) is 0 Å². The minimum atomic E-state index is -0.476. The number of hydrogen-bond acceptors (Lipinski definition) is 5. The molecule has 0 fully saturated rings. The number of amides is 1. The first-order chi connectivity index (χ1) is 13.5. The van der Waals surface area contributed by atoms with Gasteiger partial charge in [-0.2, -0.15) is 0 Å². The van der Waals surface area contributed by atoms with Crippen LogP contribution in [0, 0.1) is 5.92 Å². The minimum Gasteiger partial charge on any atom is -0.481 e. The van der Waals surface area contributed by atoms with Gasteiger partial charge in [-0.05, 0) is 18.2 Å². The van der Waals surface area contributed by atoms with Crippen LogP contribution in [0.3, 0.4) is 0 Å². The lowest BCUT2D eigenvalue weighted by atomic mass is 10.1. The Labute approximate surface area is 163 Å². The van der Waals surface area contributed by atoms with E-state index in [-0.39, 0.29) is 18.4 Å². The van der Waals surface area contributed by atoms with E-state index in [1.165, 1.54) is 7.11 Å². The van der Waals surface area contributed by atoms with Gasteiger partial charge in [-0.3, -0.25) is 4.79 Å². The summed E-state index contributed by atoms with van der Waals surface area (Å²) in [6.45, 7) is 3.44. The number of ether oxygens (including phenoxy) is 2. The summed E-state index contributed by atoms with van der Waals surface area (Å²) in [5, 5.41) is 3.57. The van der Waals surface area contributed by atoms with E-state index in [4.69, 9.17) is 9.72 Å². The Balaban J connectivity index is 2.05. The van der Waals surface area contributed by atoms with Crippen molar-refractivity contribution in [2.24, 2.45) is 5.92 Å². The second-order valence-corrected chi connectivity index (χ2v) is 6.61. The van der Waals surface area contributed by atoms with E-state index in [1.807, 2.05) is 50.2 Å². The second kappa shape index (κ2) is 8.52. The fraction of sp³-hybridized carbons (Fsp3) is 0.227.